The molecule has 2 aromatic rings. The van der Waals surface area contributed by atoms with Crippen LogP contribution in [-0.2, 0) is 6.61 Å². The fourth-order valence-electron chi connectivity index (χ4n) is 1.42. The third kappa shape index (κ3) is 3.29. The van der Waals surface area contributed by atoms with Crippen molar-refractivity contribution in [1.82, 2.24) is 0 Å². The Morgan fingerprint density at radius 2 is 1.59 bits per heavy atom. The van der Waals surface area contributed by atoms with Crippen LogP contribution in [0.2, 0.25) is 0 Å². The maximum Gasteiger partial charge on any atom is 0.144 e. The minimum absolute atomic E-state index is 0. The quantitative estimate of drug-likeness (QED) is 0.824. The maximum absolute atomic E-state index is 5.80. The maximum atomic E-state index is 5.80. The number of hydrogen-bond acceptors (Lipinski definition) is 3. The first kappa shape index (κ1) is 13.2. The molecule has 4 heteroatoms. The second kappa shape index (κ2) is 6.01. The number of para-hydroxylation sites is 1. The van der Waals surface area contributed by atoms with E-state index in [0.717, 1.165) is 5.56 Å². The molecule has 0 amide bonds. The molecule has 0 fully saturated rings. The molecule has 0 aliphatic heterocycles. The highest BCUT2D eigenvalue weighted by molar-refractivity contribution is 5.85. The molecule has 0 bridgehead atoms. The van der Waals surface area contributed by atoms with Crippen LogP contribution in [0.1, 0.15) is 5.56 Å². The van der Waals surface area contributed by atoms with Gasteiger partial charge in [0.05, 0.1) is 11.4 Å². The molecule has 0 unspecified atom stereocenters. The minimum Gasteiger partial charge on any atom is -0.487 e. The highest BCUT2D eigenvalue weighted by Crippen LogP contribution is 2.27. The standard InChI is InChI=1S/C13H14N2O.ClH/c14-11-7-4-8-12(13(11)15)16-9-10-5-2-1-3-6-10;/h1-8H,9,14-15H2;1H. The summed E-state index contributed by atoms with van der Waals surface area (Å²) < 4.78 is 5.60. The van der Waals surface area contributed by atoms with Crippen molar-refractivity contribution in [3.63, 3.8) is 0 Å². The third-order valence-electron chi connectivity index (χ3n) is 2.34. The average Bonchev–Trinajstić information content (AvgIpc) is 2.32. The average molecular weight is 251 g/mol. The number of nitrogen functional groups attached to an aromatic ring is 2. The van der Waals surface area contributed by atoms with E-state index in [1.807, 2.05) is 42.5 Å². The zero-order valence-corrected chi connectivity index (χ0v) is 10.1. The molecule has 0 radical (unpaired) electrons. The summed E-state index contributed by atoms with van der Waals surface area (Å²) in [5.74, 6) is 0.629. The molecular weight excluding hydrogens is 236 g/mol. The third-order valence-corrected chi connectivity index (χ3v) is 2.34. The summed E-state index contributed by atoms with van der Waals surface area (Å²) in [6.07, 6.45) is 0. The van der Waals surface area contributed by atoms with E-state index in [9.17, 15) is 0 Å². The topological polar surface area (TPSA) is 61.3 Å². The molecule has 0 heterocycles. The van der Waals surface area contributed by atoms with Crippen LogP contribution in [-0.4, -0.2) is 0 Å². The van der Waals surface area contributed by atoms with Gasteiger partial charge in [0, 0.05) is 0 Å². The second-order valence-corrected chi connectivity index (χ2v) is 3.53. The molecule has 3 nitrogen and oxygen atoms in total. The van der Waals surface area contributed by atoms with E-state index in [0.29, 0.717) is 23.7 Å². The summed E-state index contributed by atoms with van der Waals surface area (Å²) in [5.41, 5.74) is 13.6. The lowest BCUT2D eigenvalue weighted by Crippen LogP contribution is -2.01. The van der Waals surface area contributed by atoms with E-state index in [2.05, 4.69) is 0 Å². The zero-order valence-electron chi connectivity index (χ0n) is 9.30. The van der Waals surface area contributed by atoms with Crippen LogP contribution in [0.5, 0.6) is 5.75 Å². The summed E-state index contributed by atoms with van der Waals surface area (Å²) in [5, 5.41) is 0. The molecule has 0 aliphatic carbocycles. The lowest BCUT2D eigenvalue weighted by atomic mass is 10.2. The van der Waals surface area contributed by atoms with E-state index in [1.54, 1.807) is 6.07 Å². The molecule has 2 rings (SSSR count). The van der Waals surface area contributed by atoms with Crippen LogP contribution in [0.25, 0.3) is 0 Å². The van der Waals surface area contributed by atoms with Crippen LogP contribution in [0.4, 0.5) is 11.4 Å². The van der Waals surface area contributed by atoms with Crippen molar-refractivity contribution in [1.29, 1.82) is 0 Å². The van der Waals surface area contributed by atoms with Crippen molar-refractivity contribution >= 4 is 23.8 Å². The van der Waals surface area contributed by atoms with Crippen LogP contribution < -0.4 is 16.2 Å². The van der Waals surface area contributed by atoms with Gasteiger partial charge in [-0.15, -0.1) is 12.4 Å². The van der Waals surface area contributed by atoms with Crippen LogP contribution >= 0.6 is 12.4 Å². The van der Waals surface area contributed by atoms with E-state index >= 15 is 0 Å². The number of nitrogens with two attached hydrogens (primary N) is 2. The number of halogens is 1. The Kier molecular flexibility index (Phi) is 4.67. The van der Waals surface area contributed by atoms with E-state index in [4.69, 9.17) is 16.2 Å². The molecule has 0 saturated heterocycles. The van der Waals surface area contributed by atoms with Crippen molar-refractivity contribution in [3.8, 4) is 5.75 Å². The minimum atomic E-state index is 0. The Labute approximate surface area is 107 Å². The SMILES string of the molecule is Cl.Nc1cccc(OCc2ccccc2)c1N. The number of rotatable bonds is 3. The molecule has 0 spiro atoms. The van der Waals surface area contributed by atoms with Crippen molar-refractivity contribution in [2.75, 3.05) is 11.5 Å². The molecule has 90 valence electrons. The van der Waals surface area contributed by atoms with Gasteiger partial charge < -0.3 is 16.2 Å². The Morgan fingerprint density at radius 1 is 0.882 bits per heavy atom. The molecule has 0 saturated carbocycles. The molecule has 2 aromatic carbocycles. The normalized spacial score (nSPS) is 9.41. The van der Waals surface area contributed by atoms with Crippen molar-refractivity contribution in [2.24, 2.45) is 0 Å². The molecule has 0 atom stereocenters. The number of anilines is 2. The number of hydrogen-bond donors (Lipinski definition) is 2. The van der Waals surface area contributed by atoms with Gasteiger partial charge in [0.2, 0.25) is 0 Å². The lowest BCUT2D eigenvalue weighted by molar-refractivity contribution is 0.308. The summed E-state index contributed by atoms with van der Waals surface area (Å²) >= 11 is 0. The Morgan fingerprint density at radius 3 is 2.29 bits per heavy atom. The number of benzene rings is 2. The van der Waals surface area contributed by atoms with Crippen molar-refractivity contribution < 1.29 is 4.74 Å². The van der Waals surface area contributed by atoms with E-state index < -0.39 is 0 Å². The van der Waals surface area contributed by atoms with Gasteiger partial charge in [0.25, 0.3) is 0 Å². The first-order chi connectivity index (χ1) is 7.77. The van der Waals surface area contributed by atoms with Crippen molar-refractivity contribution in [3.05, 3.63) is 54.1 Å². The van der Waals surface area contributed by atoms with Gasteiger partial charge in [-0.05, 0) is 17.7 Å². The molecular formula is C13H15ClN2O. The largest absolute Gasteiger partial charge is 0.487 e. The first-order valence-electron chi connectivity index (χ1n) is 5.08. The summed E-state index contributed by atoms with van der Waals surface area (Å²) in [7, 11) is 0. The van der Waals surface area contributed by atoms with Gasteiger partial charge >= 0.3 is 0 Å². The summed E-state index contributed by atoms with van der Waals surface area (Å²) in [6.45, 7) is 0.495. The Bertz CT molecular complexity index is 474. The summed E-state index contributed by atoms with van der Waals surface area (Å²) in [4.78, 5) is 0. The highest BCUT2D eigenvalue weighted by Gasteiger charge is 2.02. The van der Waals surface area contributed by atoms with Gasteiger partial charge in [-0.25, -0.2) is 0 Å². The Hall–Kier alpha value is -1.87. The van der Waals surface area contributed by atoms with E-state index in [-0.39, 0.29) is 12.4 Å². The lowest BCUT2D eigenvalue weighted by Gasteiger charge is -2.10. The van der Waals surface area contributed by atoms with Crippen molar-refractivity contribution in [2.45, 2.75) is 6.61 Å². The monoisotopic (exact) mass is 250 g/mol. The van der Waals surface area contributed by atoms with E-state index in [1.165, 1.54) is 0 Å². The fourth-order valence-corrected chi connectivity index (χ4v) is 1.42. The molecule has 17 heavy (non-hydrogen) atoms. The molecule has 0 aromatic heterocycles. The summed E-state index contributed by atoms with van der Waals surface area (Å²) in [6, 6.07) is 15.3. The van der Waals surface area contributed by atoms with Gasteiger partial charge in [-0.3, -0.25) is 0 Å². The molecule has 0 aliphatic rings. The van der Waals surface area contributed by atoms with Gasteiger partial charge in [0.1, 0.15) is 12.4 Å². The second-order valence-electron chi connectivity index (χ2n) is 3.53. The van der Waals surface area contributed by atoms with Gasteiger partial charge in [0.15, 0.2) is 0 Å². The van der Waals surface area contributed by atoms with Gasteiger partial charge in [-0.1, -0.05) is 36.4 Å². The van der Waals surface area contributed by atoms with Crippen LogP contribution in [0.3, 0.4) is 0 Å². The molecule has 4 N–H and O–H groups in total. The fraction of sp³-hybridized carbons (Fsp3) is 0.0769. The first-order valence-corrected chi connectivity index (χ1v) is 5.08. The highest BCUT2D eigenvalue weighted by atomic mass is 35.5. The van der Waals surface area contributed by atoms with Crippen LogP contribution in [0, 0.1) is 0 Å². The Balaban J connectivity index is 0.00000144. The predicted octanol–water partition coefficient (Wildman–Crippen LogP) is 2.85. The van der Waals surface area contributed by atoms with Crippen LogP contribution in [0.15, 0.2) is 48.5 Å². The number of ether oxygens (including phenoxy) is 1. The smallest absolute Gasteiger partial charge is 0.144 e. The zero-order chi connectivity index (χ0) is 11.4. The van der Waals surface area contributed by atoms with Gasteiger partial charge in [-0.2, -0.15) is 0 Å². The predicted molar refractivity (Wildman–Crippen MR) is 73.3 cm³/mol.